The summed E-state index contributed by atoms with van der Waals surface area (Å²) in [5.41, 5.74) is 0. The van der Waals surface area contributed by atoms with Gasteiger partial charge in [-0.2, -0.15) is 0 Å². The van der Waals surface area contributed by atoms with Crippen LogP contribution in [0.25, 0.3) is 0 Å². The molecule has 1 nitrogen and oxygen atoms in total. The van der Waals surface area contributed by atoms with Gasteiger partial charge in [0.25, 0.3) is 0 Å². The zero-order chi connectivity index (χ0) is 10.7. The third-order valence-electron chi connectivity index (χ3n) is 2.83. The zero-order valence-electron chi connectivity index (χ0n) is 8.59. The molecule has 1 fully saturated rings. The first-order chi connectivity index (χ1) is 7.28. The molecule has 15 heavy (non-hydrogen) atoms. The number of likely N-dealkylation sites (tertiary alicyclic amines) is 1. The molecule has 0 amide bonds. The Morgan fingerprint density at radius 3 is 3.00 bits per heavy atom. The van der Waals surface area contributed by atoms with Crippen LogP contribution in [0.5, 0.6) is 0 Å². The molecule has 0 aromatic carbocycles. The van der Waals surface area contributed by atoms with Gasteiger partial charge in [-0.1, -0.05) is 15.9 Å². The third kappa shape index (κ3) is 3.55. The van der Waals surface area contributed by atoms with E-state index in [2.05, 4.69) is 48.9 Å². The first-order valence-electron chi connectivity index (χ1n) is 5.30. The number of piperidine rings is 1. The van der Waals surface area contributed by atoms with E-state index in [-0.39, 0.29) is 0 Å². The van der Waals surface area contributed by atoms with Gasteiger partial charge < -0.3 is 0 Å². The highest BCUT2D eigenvalue weighted by molar-refractivity contribution is 9.11. The van der Waals surface area contributed by atoms with Gasteiger partial charge in [-0.05, 0) is 53.4 Å². The first-order valence-corrected chi connectivity index (χ1v) is 8.03. The lowest BCUT2D eigenvalue weighted by molar-refractivity contribution is 0.181. The fraction of sp³-hybridized carbons (Fsp3) is 0.636. The number of hydrogen-bond acceptors (Lipinski definition) is 2. The van der Waals surface area contributed by atoms with Crippen LogP contribution in [0, 0.1) is 5.92 Å². The van der Waals surface area contributed by atoms with Gasteiger partial charge in [0, 0.05) is 23.3 Å². The van der Waals surface area contributed by atoms with Crippen molar-refractivity contribution in [3.63, 3.8) is 0 Å². The molecule has 1 atom stereocenters. The first kappa shape index (κ1) is 12.1. The minimum absolute atomic E-state index is 0.849. The van der Waals surface area contributed by atoms with Crippen molar-refractivity contribution in [2.24, 2.45) is 5.92 Å². The van der Waals surface area contributed by atoms with E-state index in [1.807, 2.05) is 11.3 Å². The summed E-state index contributed by atoms with van der Waals surface area (Å²) in [5.74, 6) is 0.849. The third-order valence-corrected chi connectivity index (χ3v) is 5.35. The van der Waals surface area contributed by atoms with Crippen molar-refractivity contribution >= 4 is 43.2 Å². The van der Waals surface area contributed by atoms with Crippen molar-refractivity contribution in [1.29, 1.82) is 0 Å². The summed E-state index contributed by atoms with van der Waals surface area (Å²) >= 11 is 8.96. The molecule has 1 aliphatic rings. The molecule has 0 spiro atoms. The maximum Gasteiger partial charge on any atom is 0.0701 e. The second-order valence-corrected chi connectivity index (χ2v) is 7.30. The van der Waals surface area contributed by atoms with Crippen molar-refractivity contribution in [2.45, 2.75) is 19.4 Å². The fourth-order valence-corrected chi connectivity index (χ4v) is 4.13. The molecule has 84 valence electrons. The van der Waals surface area contributed by atoms with E-state index in [0.717, 1.165) is 17.8 Å². The number of nitrogens with zero attached hydrogens (tertiary/aromatic N) is 1. The summed E-state index contributed by atoms with van der Waals surface area (Å²) in [4.78, 5) is 4.05. The van der Waals surface area contributed by atoms with Crippen LogP contribution in [0.2, 0.25) is 0 Å². The van der Waals surface area contributed by atoms with Gasteiger partial charge in [-0.25, -0.2) is 0 Å². The molecule has 0 aliphatic carbocycles. The maximum absolute atomic E-state index is 3.60. The summed E-state index contributed by atoms with van der Waals surface area (Å²) in [6.45, 7) is 3.64. The molecule has 2 rings (SSSR count). The van der Waals surface area contributed by atoms with Crippen LogP contribution < -0.4 is 0 Å². The summed E-state index contributed by atoms with van der Waals surface area (Å²) in [6, 6.07) is 4.37. The zero-order valence-corrected chi connectivity index (χ0v) is 12.6. The Hall–Kier alpha value is 0.620. The number of hydrogen-bond donors (Lipinski definition) is 0. The monoisotopic (exact) mass is 351 g/mol. The van der Waals surface area contributed by atoms with Crippen molar-refractivity contribution in [2.75, 3.05) is 18.4 Å². The highest BCUT2D eigenvalue weighted by atomic mass is 79.9. The minimum atomic E-state index is 0.849. The molecule has 0 radical (unpaired) electrons. The van der Waals surface area contributed by atoms with Gasteiger partial charge in [-0.3, -0.25) is 4.90 Å². The normalized spacial score (nSPS) is 23.2. The van der Waals surface area contributed by atoms with E-state index in [9.17, 15) is 0 Å². The largest absolute Gasteiger partial charge is 0.298 e. The Morgan fingerprint density at radius 1 is 1.47 bits per heavy atom. The van der Waals surface area contributed by atoms with Crippen LogP contribution >= 0.6 is 43.2 Å². The predicted molar refractivity (Wildman–Crippen MR) is 73.8 cm³/mol. The molecule has 1 unspecified atom stereocenters. The fourth-order valence-electron chi connectivity index (χ4n) is 2.08. The average molecular weight is 353 g/mol. The summed E-state index contributed by atoms with van der Waals surface area (Å²) < 4.78 is 1.24. The summed E-state index contributed by atoms with van der Waals surface area (Å²) in [5, 5.41) is 1.15. The molecule has 1 aromatic rings. The Morgan fingerprint density at radius 2 is 2.33 bits per heavy atom. The molecular formula is C11H15Br2NS. The van der Waals surface area contributed by atoms with Gasteiger partial charge in [0.2, 0.25) is 0 Å². The van der Waals surface area contributed by atoms with Gasteiger partial charge in [0.1, 0.15) is 0 Å². The second-order valence-electron chi connectivity index (χ2n) is 4.10. The van der Waals surface area contributed by atoms with Gasteiger partial charge in [0.05, 0.1) is 3.79 Å². The Labute approximate surface area is 112 Å². The molecule has 0 saturated carbocycles. The lowest BCUT2D eigenvalue weighted by atomic mass is 10.0. The molecule has 4 heteroatoms. The standard InChI is InChI=1S/C11H15Br2NS/c12-6-9-2-1-5-14(7-9)8-10-3-4-11(13)15-10/h3-4,9H,1-2,5-8H2. The van der Waals surface area contributed by atoms with Crippen molar-refractivity contribution < 1.29 is 0 Å². The number of rotatable bonds is 3. The Kier molecular flexibility index (Phi) is 4.68. The molecular weight excluding hydrogens is 338 g/mol. The Bertz CT molecular complexity index is 313. The summed E-state index contributed by atoms with van der Waals surface area (Å²) in [7, 11) is 0. The smallest absolute Gasteiger partial charge is 0.0701 e. The highest BCUT2D eigenvalue weighted by Crippen LogP contribution is 2.25. The highest BCUT2D eigenvalue weighted by Gasteiger charge is 2.19. The quantitative estimate of drug-likeness (QED) is 0.739. The minimum Gasteiger partial charge on any atom is -0.298 e. The van der Waals surface area contributed by atoms with Crippen molar-refractivity contribution in [3.05, 3.63) is 20.8 Å². The van der Waals surface area contributed by atoms with Crippen LogP contribution in [0.15, 0.2) is 15.9 Å². The number of thiophene rings is 1. The lowest BCUT2D eigenvalue weighted by Gasteiger charge is -2.31. The molecule has 1 aliphatic heterocycles. The van der Waals surface area contributed by atoms with Crippen LogP contribution in [0.1, 0.15) is 17.7 Å². The second kappa shape index (κ2) is 5.80. The van der Waals surface area contributed by atoms with Crippen molar-refractivity contribution in [1.82, 2.24) is 4.90 Å². The molecule has 2 heterocycles. The van der Waals surface area contributed by atoms with E-state index < -0.39 is 0 Å². The summed E-state index contributed by atoms with van der Waals surface area (Å²) in [6.07, 6.45) is 2.73. The van der Waals surface area contributed by atoms with Crippen LogP contribution in [0.4, 0.5) is 0 Å². The molecule has 0 bridgehead atoms. The topological polar surface area (TPSA) is 3.24 Å². The van der Waals surface area contributed by atoms with Crippen LogP contribution in [0.3, 0.4) is 0 Å². The Balaban J connectivity index is 1.88. The molecule has 1 saturated heterocycles. The number of alkyl halides is 1. The van der Waals surface area contributed by atoms with Crippen LogP contribution in [-0.2, 0) is 6.54 Å². The van der Waals surface area contributed by atoms with Gasteiger partial charge in [-0.15, -0.1) is 11.3 Å². The number of halogens is 2. The van der Waals surface area contributed by atoms with Crippen molar-refractivity contribution in [3.8, 4) is 0 Å². The lowest BCUT2D eigenvalue weighted by Crippen LogP contribution is -2.35. The van der Waals surface area contributed by atoms with Gasteiger partial charge in [0.15, 0.2) is 0 Å². The molecule has 0 N–H and O–H groups in total. The van der Waals surface area contributed by atoms with E-state index in [0.29, 0.717) is 0 Å². The average Bonchev–Trinajstić information content (AvgIpc) is 2.64. The van der Waals surface area contributed by atoms with E-state index >= 15 is 0 Å². The van der Waals surface area contributed by atoms with Gasteiger partial charge >= 0.3 is 0 Å². The SMILES string of the molecule is BrCC1CCCN(Cc2ccc(Br)s2)C1. The van der Waals surface area contributed by atoms with E-state index in [1.165, 1.54) is 34.6 Å². The van der Waals surface area contributed by atoms with E-state index in [4.69, 9.17) is 0 Å². The predicted octanol–water partition coefficient (Wildman–Crippen LogP) is 4.12. The maximum atomic E-state index is 3.60. The van der Waals surface area contributed by atoms with E-state index in [1.54, 1.807) is 0 Å². The molecule has 1 aromatic heterocycles. The van der Waals surface area contributed by atoms with Crippen LogP contribution in [-0.4, -0.2) is 23.3 Å².